The minimum absolute atomic E-state index is 0.0566. The van der Waals surface area contributed by atoms with E-state index in [2.05, 4.69) is 9.88 Å². The van der Waals surface area contributed by atoms with E-state index in [9.17, 15) is 14.4 Å². The van der Waals surface area contributed by atoms with Gasteiger partial charge in [0.15, 0.2) is 10.9 Å². The summed E-state index contributed by atoms with van der Waals surface area (Å²) in [4.78, 5) is 45.3. The van der Waals surface area contributed by atoms with Crippen molar-refractivity contribution in [1.82, 2.24) is 14.5 Å². The van der Waals surface area contributed by atoms with E-state index < -0.39 is 0 Å². The van der Waals surface area contributed by atoms with Gasteiger partial charge in [-0.15, -0.1) is 0 Å². The highest BCUT2D eigenvalue weighted by molar-refractivity contribution is 7.99. The van der Waals surface area contributed by atoms with Crippen LogP contribution < -0.4 is 10.5 Å². The third-order valence-electron chi connectivity index (χ3n) is 5.58. The molecule has 1 unspecified atom stereocenters. The molecule has 1 fully saturated rings. The number of thioether (sulfide) groups is 1. The molecule has 29 heavy (non-hydrogen) atoms. The van der Waals surface area contributed by atoms with E-state index in [0.29, 0.717) is 41.7 Å². The van der Waals surface area contributed by atoms with Gasteiger partial charge in [0.1, 0.15) is 0 Å². The van der Waals surface area contributed by atoms with Gasteiger partial charge in [-0.25, -0.2) is 4.98 Å². The van der Waals surface area contributed by atoms with Gasteiger partial charge in [0.25, 0.3) is 5.56 Å². The molecule has 3 heterocycles. The highest BCUT2D eigenvalue weighted by Gasteiger charge is 2.31. The third-order valence-corrected chi connectivity index (χ3v) is 6.73. The Morgan fingerprint density at radius 3 is 2.45 bits per heavy atom. The first-order valence-electron chi connectivity index (χ1n) is 9.78. The fourth-order valence-electron chi connectivity index (χ4n) is 3.80. The number of piperazine rings is 1. The number of fused-ring (bicyclic) bond motifs is 1. The van der Waals surface area contributed by atoms with Crippen LogP contribution in [-0.4, -0.2) is 58.1 Å². The van der Waals surface area contributed by atoms with Crippen molar-refractivity contribution in [2.24, 2.45) is 5.92 Å². The second-order valence-corrected chi connectivity index (χ2v) is 8.55. The minimum atomic E-state index is -0.199. The summed E-state index contributed by atoms with van der Waals surface area (Å²) in [6.07, 6.45) is 1.60. The van der Waals surface area contributed by atoms with Gasteiger partial charge in [0.05, 0.1) is 5.92 Å². The Morgan fingerprint density at radius 2 is 1.79 bits per heavy atom. The molecular formula is C21H24N4O3S. The fourth-order valence-corrected chi connectivity index (χ4v) is 4.84. The molecule has 0 radical (unpaired) electrons. The zero-order chi connectivity index (χ0) is 20.5. The molecule has 1 amide bonds. The lowest BCUT2D eigenvalue weighted by Gasteiger charge is -2.38. The van der Waals surface area contributed by atoms with E-state index in [1.807, 2.05) is 29.2 Å². The Morgan fingerprint density at radius 1 is 1.10 bits per heavy atom. The van der Waals surface area contributed by atoms with Crippen LogP contribution in [0.15, 0.2) is 40.4 Å². The Kier molecular flexibility index (Phi) is 5.45. The van der Waals surface area contributed by atoms with Crippen LogP contribution in [0.3, 0.4) is 0 Å². The van der Waals surface area contributed by atoms with Crippen LogP contribution in [0.4, 0.5) is 5.69 Å². The molecule has 152 valence electrons. The molecule has 1 saturated heterocycles. The summed E-state index contributed by atoms with van der Waals surface area (Å²) in [5.74, 6) is 0.628. The van der Waals surface area contributed by atoms with E-state index >= 15 is 0 Å². The quantitative estimate of drug-likeness (QED) is 0.566. The monoisotopic (exact) mass is 412 g/mol. The molecule has 2 aliphatic heterocycles. The lowest BCUT2D eigenvalue weighted by molar-refractivity contribution is -0.135. The maximum Gasteiger partial charge on any atom is 0.257 e. The zero-order valence-corrected chi connectivity index (χ0v) is 17.4. The summed E-state index contributed by atoms with van der Waals surface area (Å²) in [7, 11) is 0. The molecule has 0 aliphatic carbocycles. The van der Waals surface area contributed by atoms with E-state index in [1.54, 1.807) is 24.6 Å². The number of carbonyl (C=O) groups is 2. The van der Waals surface area contributed by atoms with Crippen molar-refractivity contribution in [3.8, 4) is 0 Å². The third kappa shape index (κ3) is 3.94. The second kappa shape index (κ2) is 8.02. The molecule has 0 N–H and O–H groups in total. The summed E-state index contributed by atoms with van der Waals surface area (Å²) in [5, 5.41) is 0.698. The van der Waals surface area contributed by atoms with E-state index in [0.717, 1.165) is 18.8 Å². The summed E-state index contributed by atoms with van der Waals surface area (Å²) in [5.41, 5.74) is 2.32. The number of nitrogens with zero attached hydrogens (tertiary/aromatic N) is 4. The molecule has 7 nitrogen and oxygen atoms in total. The number of ketones is 1. The molecule has 1 atom stereocenters. The second-order valence-electron chi connectivity index (χ2n) is 7.56. The van der Waals surface area contributed by atoms with Crippen LogP contribution in [-0.2, 0) is 11.3 Å². The predicted octanol–water partition coefficient (Wildman–Crippen LogP) is 1.83. The first-order valence-corrected chi connectivity index (χ1v) is 10.8. The number of hydrogen-bond acceptors (Lipinski definition) is 6. The van der Waals surface area contributed by atoms with E-state index in [4.69, 9.17) is 0 Å². The highest BCUT2D eigenvalue weighted by Crippen LogP contribution is 2.27. The molecule has 1 aromatic heterocycles. The summed E-state index contributed by atoms with van der Waals surface area (Å²) in [6.45, 7) is 6.53. The van der Waals surface area contributed by atoms with Gasteiger partial charge in [0.2, 0.25) is 5.91 Å². The molecule has 2 aromatic rings. The van der Waals surface area contributed by atoms with Crippen molar-refractivity contribution in [2.75, 3.05) is 36.8 Å². The van der Waals surface area contributed by atoms with Gasteiger partial charge in [0, 0.05) is 61.5 Å². The first kappa shape index (κ1) is 19.7. The van der Waals surface area contributed by atoms with Gasteiger partial charge in [-0.3, -0.25) is 19.0 Å². The van der Waals surface area contributed by atoms with Gasteiger partial charge < -0.3 is 9.80 Å². The normalized spacial score (nSPS) is 19.0. The van der Waals surface area contributed by atoms with E-state index in [1.165, 1.54) is 11.8 Å². The topological polar surface area (TPSA) is 75.5 Å². The average Bonchev–Trinajstić information content (AvgIpc) is 2.76. The number of anilines is 1. The van der Waals surface area contributed by atoms with Crippen molar-refractivity contribution in [2.45, 2.75) is 25.5 Å². The summed E-state index contributed by atoms with van der Waals surface area (Å²) >= 11 is 1.48. The van der Waals surface area contributed by atoms with Crippen LogP contribution in [0.25, 0.3) is 0 Å². The van der Waals surface area contributed by atoms with Crippen LogP contribution >= 0.6 is 11.8 Å². The molecule has 1 aromatic carbocycles. The number of benzene rings is 1. The Bertz CT molecular complexity index is 994. The Balaban J connectivity index is 1.38. The number of aromatic nitrogens is 2. The maximum atomic E-state index is 13.0. The standard InChI is InChI=1S/C21H24N4O3S/c1-14-11-22-21-25(19(14)27)12-17(13-29-21)20(28)24-9-7-23(8-10-24)18-5-3-16(4-6-18)15(2)26/h3-6,11,17H,7-10,12-13H2,1-2H3. The Hall–Kier alpha value is -2.61. The maximum absolute atomic E-state index is 13.0. The van der Waals surface area contributed by atoms with Crippen LogP contribution in [0.2, 0.25) is 0 Å². The van der Waals surface area contributed by atoms with Crippen LogP contribution in [0, 0.1) is 12.8 Å². The SMILES string of the molecule is CC(=O)c1ccc(N2CCN(C(=O)C3CSc4ncc(C)c(=O)n4C3)CC2)cc1. The number of amides is 1. The van der Waals surface area contributed by atoms with Crippen molar-refractivity contribution in [1.29, 1.82) is 0 Å². The molecule has 8 heteroatoms. The van der Waals surface area contributed by atoms with Crippen molar-refractivity contribution < 1.29 is 9.59 Å². The Labute approximate surface area is 173 Å². The number of hydrogen-bond donors (Lipinski definition) is 0. The highest BCUT2D eigenvalue weighted by atomic mass is 32.2. The van der Waals surface area contributed by atoms with Crippen LogP contribution in [0.1, 0.15) is 22.8 Å². The molecule has 2 aliphatic rings. The zero-order valence-electron chi connectivity index (χ0n) is 16.6. The molecule has 0 bridgehead atoms. The number of rotatable bonds is 3. The smallest absolute Gasteiger partial charge is 0.257 e. The molecule has 0 spiro atoms. The van der Waals surface area contributed by atoms with Crippen molar-refractivity contribution >= 4 is 29.1 Å². The number of aryl methyl sites for hydroxylation is 1. The predicted molar refractivity (Wildman–Crippen MR) is 113 cm³/mol. The van der Waals surface area contributed by atoms with Crippen molar-refractivity contribution in [3.05, 3.63) is 51.9 Å². The fraction of sp³-hybridized carbons (Fsp3) is 0.429. The minimum Gasteiger partial charge on any atom is -0.368 e. The summed E-state index contributed by atoms with van der Waals surface area (Å²) in [6, 6.07) is 7.62. The van der Waals surface area contributed by atoms with Gasteiger partial charge in [-0.05, 0) is 38.1 Å². The first-order chi connectivity index (χ1) is 13.9. The lowest BCUT2D eigenvalue weighted by Crippen LogP contribution is -2.52. The number of carbonyl (C=O) groups excluding carboxylic acids is 2. The van der Waals surface area contributed by atoms with Crippen molar-refractivity contribution in [3.63, 3.8) is 0 Å². The van der Waals surface area contributed by atoms with Gasteiger partial charge in [-0.2, -0.15) is 0 Å². The largest absolute Gasteiger partial charge is 0.368 e. The van der Waals surface area contributed by atoms with E-state index in [-0.39, 0.29) is 23.2 Å². The van der Waals surface area contributed by atoms with Crippen LogP contribution in [0.5, 0.6) is 0 Å². The average molecular weight is 413 g/mol. The molecule has 0 saturated carbocycles. The summed E-state index contributed by atoms with van der Waals surface area (Å²) < 4.78 is 1.64. The molecule has 4 rings (SSSR count). The van der Waals surface area contributed by atoms with Gasteiger partial charge >= 0.3 is 0 Å². The molecular weight excluding hydrogens is 388 g/mol. The van der Waals surface area contributed by atoms with Gasteiger partial charge in [-0.1, -0.05) is 11.8 Å². The number of Topliss-reactive ketones (excluding diaryl/α,β-unsaturated/α-hetero) is 1. The lowest BCUT2D eigenvalue weighted by atomic mass is 10.1.